The van der Waals surface area contributed by atoms with Crippen LogP contribution in [0.5, 0.6) is 0 Å². The van der Waals surface area contributed by atoms with E-state index in [0.717, 1.165) is 11.3 Å². The lowest BCUT2D eigenvalue weighted by molar-refractivity contribution is -0.152. The minimum atomic E-state index is -0.729. The van der Waals surface area contributed by atoms with E-state index in [1.54, 1.807) is 25.7 Å². The average Bonchev–Trinajstić information content (AvgIpc) is 2.70. The first-order valence-electron chi connectivity index (χ1n) is 6.13. The van der Waals surface area contributed by atoms with Crippen molar-refractivity contribution in [1.29, 1.82) is 0 Å². The number of carbonyl (C=O) groups is 3. The van der Waals surface area contributed by atoms with Crippen LogP contribution in [-0.2, 0) is 14.3 Å². The SMILES string of the molecule is CC(C)(C)OC(=O)N1CC(=O)N2CCC[C@H]2C1=O. The van der Waals surface area contributed by atoms with Gasteiger partial charge in [0.1, 0.15) is 18.2 Å². The summed E-state index contributed by atoms with van der Waals surface area (Å²) in [5, 5.41) is 0. The monoisotopic (exact) mass is 254 g/mol. The number of ether oxygens (including phenoxy) is 1. The van der Waals surface area contributed by atoms with Crippen LogP contribution in [0.15, 0.2) is 0 Å². The molecule has 0 aromatic heterocycles. The minimum absolute atomic E-state index is 0.178. The Labute approximate surface area is 106 Å². The number of nitrogens with zero attached hydrogens (tertiary/aromatic N) is 2. The zero-order valence-electron chi connectivity index (χ0n) is 10.9. The highest BCUT2D eigenvalue weighted by atomic mass is 16.6. The average molecular weight is 254 g/mol. The van der Waals surface area contributed by atoms with Gasteiger partial charge in [-0.15, -0.1) is 0 Å². The van der Waals surface area contributed by atoms with E-state index >= 15 is 0 Å². The molecule has 100 valence electrons. The van der Waals surface area contributed by atoms with Gasteiger partial charge < -0.3 is 9.64 Å². The lowest BCUT2D eigenvalue weighted by Gasteiger charge is -2.35. The van der Waals surface area contributed by atoms with E-state index in [4.69, 9.17) is 4.74 Å². The van der Waals surface area contributed by atoms with Crippen molar-refractivity contribution in [1.82, 2.24) is 9.80 Å². The van der Waals surface area contributed by atoms with E-state index in [9.17, 15) is 14.4 Å². The lowest BCUT2D eigenvalue weighted by atomic mass is 10.1. The lowest BCUT2D eigenvalue weighted by Crippen LogP contribution is -2.59. The molecular weight excluding hydrogens is 236 g/mol. The third-order valence-corrected chi connectivity index (χ3v) is 3.03. The molecule has 0 saturated carbocycles. The summed E-state index contributed by atoms with van der Waals surface area (Å²) in [5.41, 5.74) is -0.673. The van der Waals surface area contributed by atoms with Gasteiger partial charge in [0.05, 0.1) is 0 Å². The number of rotatable bonds is 0. The van der Waals surface area contributed by atoms with Crippen LogP contribution in [0, 0.1) is 0 Å². The first-order chi connectivity index (χ1) is 8.29. The highest BCUT2D eigenvalue weighted by Crippen LogP contribution is 2.24. The van der Waals surface area contributed by atoms with Gasteiger partial charge in [0.2, 0.25) is 5.91 Å². The van der Waals surface area contributed by atoms with Crippen molar-refractivity contribution < 1.29 is 19.1 Å². The first-order valence-corrected chi connectivity index (χ1v) is 6.13. The molecule has 0 aromatic rings. The van der Waals surface area contributed by atoms with Crippen molar-refractivity contribution >= 4 is 17.9 Å². The number of amides is 3. The van der Waals surface area contributed by atoms with Gasteiger partial charge in [0, 0.05) is 6.54 Å². The van der Waals surface area contributed by atoms with Crippen LogP contribution in [0.3, 0.4) is 0 Å². The smallest absolute Gasteiger partial charge is 0.417 e. The van der Waals surface area contributed by atoms with Crippen molar-refractivity contribution in [3.05, 3.63) is 0 Å². The fraction of sp³-hybridized carbons (Fsp3) is 0.750. The van der Waals surface area contributed by atoms with E-state index in [1.807, 2.05) is 0 Å². The first kappa shape index (κ1) is 12.9. The minimum Gasteiger partial charge on any atom is -0.443 e. The number of hydrogen-bond donors (Lipinski definition) is 0. The van der Waals surface area contributed by atoms with E-state index in [0.29, 0.717) is 13.0 Å². The number of piperazine rings is 1. The third-order valence-electron chi connectivity index (χ3n) is 3.03. The number of carbonyl (C=O) groups excluding carboxylic acids is 3. The van der Waals surface area contributed by atoms with Gasteiger partial charge in [-0.3, -0.25) is 9.59 Å². The molecule has 2 rings (SSSR count). The van der Waals surface area contributed by atoms with E-state index in [-0.39, 0.29) is 18.4 Å². The predicted molar refractivity (Wildman–Crippen MR) is 62.7 cm³/mol. The summed E-state index contributed by atoms with van der Waals surface area (Å²) in [4.78, 5) is 38.3. The topological polar surface area (TPSA) is 66.9 Å². The van der Waals surface area contributed by atoms with Gasteiger partial charge >= 0.3 is 6.09 Å². The van der Waals surface area contributed by atoms with Crippen molar-refractivity contribution in [3.63, 3.8) is 0 Å². The Morgan fingerprint density at radius 1 is 1.33 bits per heavy atom. The Hall–Kier alpha value is -1.59. The van der Waals surface area contributed by atoms with Crippen LogP contribution in [-0.4, -0.2) is 52.4 Å². The van der Waals surface area contributed by atoms with Crippen LogP contribution in [0.4, 0.5) is 4.79 Å². The molecule has 6 heteroatoms. The second-order valence-corrected chi connectivity index (χ2v) is 5.65. The van der Waals surface area contributed by atoms with Crippen molar-refractivity contribution in [2.24, 2.45) is 0 Å². The Morgan fingerprint density at radius 2 is 2.00 bits per heavy atom. The molecular formula is C12H18N2O4. The van der Waals surface area contributed by atoms with Crippen LogP contribution in [0.1, 0.15) is 33.6 Å². The molecule has 0 radical (unpaired) electrons. The Kier molecular flexibility index (Phi) is 3.04. The maximum Gasteiger partial charge on any atom is 0.417 e. The maximum absolute atomic E-state index is 12.1. The molecule has 2 heterocycles. The van der Waals surface area contributed by atoms with Gasteiger partial charge in [0.25, 0.3) is 5.91 Å². The molecule has 0 aliphatic carbocycles. The summed E-state index contributed by atoms with van der Waals surface area (Å²) in [7, 11) is 0. The molecule has 0 aromatic carbocycles. The molecule has 18 heavy (non-hydrogen) atoms. The van der Waals surface area contributed by atoms with Crippen molar-refractivity contribution in [3.8, 4) is 0 Å². The molecule has 2 aliphatic rings. The number of fused-ring (bicyclic) bond motifs is 1. The predicted octanol–water partition coefficient (Wildman–Crippen LogP) is 0.755. The second-order valence-electron chi connectivity index (χ2n) is 5.65. The zero-order chi connectivity index (χ0) is 13.5. The highest BCUT2D eigenvalue weighted by Gasteiger charge is 2.45. The van der Waals surface area contributed by atoms with Gasteiger partial charge in [0.15, 0.2) is 0 Å². The van der Waals surface area contributed by atoms with Crippen LogP contribution in [0.2, 0.25) is 0 Å². The summed E-state index contributed by atoms with van der Waals surface area (Å²) in [6, 6.07) is -0.473. The van der Waals surface area contributed by atoms with E-state index < -0.39 is 17.7 Å². The largest absolute Gasteiger partial charge is 0.443 e. The molecule has 0 bridgehead atoms. The molecule has 1 atom stereocenters. The molecule has 0 N–H and O–H groups in total. The highest BCUT2D eigenvalue weighted by molar-refractivity contribution is 6.03. The number of hydrogen-bond acceptors (Lipinski definition) is 4. The summed E-state index contributed by atoms with van der Waals surface area (Å²) >= 11 is 0. The standard InChI is InChI=1S/C12H18N2O4/c1-12(2,3)18-11(17)14-7-9(15)13-6-4-5-8(13)10(14)16/h8H,4-7H2,1-3H3/t8-/m0/s1. The van der Waals surface area contributed by atoms with Crippen molar-refractivity contribution in [2.75, 3.05) is 13.1 Å². The van der Waals surface area contributed by atoms with Crippen molar-refractivity contribution in [2.45, 2.75) is 45.3 Å². The second kappa shape index (κ2) is 4.26. The van der Waals surface area contributed by atoms with Gasteiger partial charge in [-0.05, 0) is 33.6 Å². The van der Waals surface area contributed by atoms with Gasteiger partial charge in [-0.2, -0.15) is 0 Å². The van der Waals surface area contributed by atoms with Gasteiger partial charge in [-0.1, -0.05) is 0 Å². The normalized spacial score (nSPS) is 24.3. The Balaban J connectivity index is 2.12. The molecule has 2 fully saturated rings. The zero-order valence-corrected chi connectivity index (χ0v) is 10.9. The van der Waals surface area contributed by atoms with Gasteiger partial charge in [-0.25, -0.2) is 9.69 Å². The summed E-state index contributed by atoms with van der Waals surface area (Å²) < 4.78 is 5.14. The van der Waals surface area contributed by atoms with Crippen LogP contribution < -0.4 is 0 Å². The summed E-state index contributed by atoms with van der Waals surface area (Å²) in [5.74, 6) is -0.496. The quantitative estimate of drug-likeness (QED) is 0.640. The Morgan fingerprint density at radius 3 is 2.61 bits per heavy atom. The molecule has 0 unspecified atom stereocenters. The van der Waals surface area contributed by atoms with E-state index in [2.05, 4.69) is 0 Å². The molecule has 6 nitrogen and oxygen atoms in total. The van der Waals surface area contributed by atoms with Crippen LogP contribution >= 0.6 is 0 Å². The molecule has 3 amide bonds. The fourth-order valence-corrected chi connectivity index (χ4v) is 2.28. The fourth-order valence-electron chi connectivity index (χ4n) is 2.28. The third kappa shape index (κ3) is 2.32. The molecule has 2 aliphatic heterocycles. The maximum atomic E-state index is 12.1. The Bertz CT molecular complexity index is 399. The van der Waals surface area contributed by atoms with E-state index in [1.165, 1.54) is 0 Å². The summed E-state index contributed by atoms with van der Waals surface area (Å²) in [6.45, 7) is 5.58. The molecule has 2 saturated heterocycles. The summed E-state index contributed by atoms with van der Waals surface area (Å²) in [6.07, 6.45) is 0.709. The number of imide groups is 1. The molecule has 0 spiro atoms. The van der Waals surface area contributed by atoms with Crippen LogP contribution in [0.25, 0.3) is 0 Å².